The Labute approximate surface area is 447 Å². The normalized spacial score (nSPS) is 11.8. The molecule has 0 aliphatic rings. The van der Waals surface area contributed by atoms with Crippen LogP contribution in [-0.2, 0) is 0 Å². The molecule has 7 nitrogen and oxygen atoms in total. The molecule has 0 unspecified atom stereocenters. The van der Waals surface area contributed by atoms with Crippen molar-refractivity contribution in [1.29, 1.82) is 5.26 Å². The van der Waals surface area contributed by atoms with Crippen LogP contribution in [0, 0.1) is 11.3 Å². The lowest BCUT2D eigenvalue weighted by atomic mass is 10.0. The number of fused-ring (bicyclic) bond motifs is 14. The van der Waals surface area contributed by atoms with E-state index >= 15 is 0 Å². The lowest BCUT2D eigenvalue weighted by Gasteiger charge is -2.19. The van der Waals surface area contributed by atoms with E-state index in [9.17, 15) is 5.26 Å². The second-order valence-electron chi connectivity index (χ2n) is 20.0. The van der Waals surface area contributed by atoms with E-state index in [-0.39, 0.29) is 0 Å². The molecule has 0 saturated heterocycles. The number of aromatic nitrogens is 6. The van der Waals surface area contributed by atoms with Gasteiger partial charge in [-0.05, 0) is 78.9 Å². The monoisotopic (exact) mass is 993 g/mol. The standard InChI is InChI=1S/C71H43N7/c72-44-56-65(77-61-35-19-15-31-54(61)67-63(77)39-37-52-50-29-13-17-33-59(50)75(69(52)67)48-25-9-3-10-26-48)41-47(58-43-57(45-21-5-1-6-22-45)73-71(74-58)46-23-7-2-8-24-46)42-66(56)78-62-36-20-16-32-55(62)68-64(78)40-38-53-51-30-14-18-34-60(51)76(70(53)68)49-27-11-4-12-28-49/h1-43H. The highest BCUT2D eigenvalue weighted by atomic mass is 15.0. The fourth-order valence-corrected chi connectivity index (χ4v) is 12.5. The van der Waals surface area contributed by atoms with E-state index < -0.39 is 0 Å². The zero-order valence-corrected chi connectivity index (χ0v) is 42.0. The molecule has 0 fully saturated rings. The molecule has 16 aromatic rings. The van der Waals surface area contributed by atoms with Crippen LogP contribution in [0.5, 0.6) is 0 Å². The number of nitriles is 1. The Morgan fingerprint density at radius 3 is 1.12 bits per heavy atom. The van der Waals surface area contributed by atoms with Gasteiger partial charge in [0.2, 0.25) is 0 Å². The predicted octanol–water partition coefficient (Wildman–Crippen LogP) is 17.7. The Morgan fingerprint density at radius 2 is 0.667 bits per heavy atom. The van der Waals surface area contributed by atoms with Crippen molar-refractivity contribution in [3.8, 4) is 62.7 Å². The van der Waals surface area contributed by atoms with Crippen molar-refractivity contribution in [1.82, 2.24) is 28.2 Å². The predicted molar refractivity (Wildman–Crippen MR) is 320 cm³/mol. The minimum absolute atomic E-state index is 0.525. The summed E-state index contributed by atoms with van der Waals surface area (Å²) in [6.07, 6.45) is 0. The van der Waals surface area contributed by atoms with Crippen LogP contribution in [0.4, 0.5) is 0 Å². The summed E-state index contributed by atoms with van der Waals surface area (Å²) in [7, 11) is 0. The van der Waals surface area contributed by atoms with Crippen LogP contribution in [-0.4, -0.2) is 28.2 Å². The second-order valence-corrected chi connectivity index (χ2v) is 20.0. The molecular formula is C71H43N7. The molecule has 78 heavy (non-hydrogen) atoms. The number of hydrogen-bond acceptors (Lipinski definition) is 3. The van der Waals surface area contributed by atoms with Crippen LogP contribution in [0.3, 0.4) is 0 Å². The first-order valence-electron chi connectivity index (χ1n) is 26.3. The fraction of sp³-hybridized carbons (Fsp3) is 0. The van der Waals surface area contributed by atoms with E-state index in [1.54, 1.807) is 0 Å². The van der Waals surface area contributed by atoms with E-state index in [0.29, 0.717) is 11.4 Å². The highest BCUT2D eigenvalue weighted by Gasteiger charge is 2.27. The van der Waals surface area contributed by atoms with Crippen molar-refractivity contribution < 1.29 is 0 Å². The van der Waals surface area contributed by atoms with Gasteiger partial charge in [-0.25, -0.2) is 9.97 Å². The minimum Gasteiger partial charge on any atom is -0.309 e. The Kier molecular flexibility index (Phi) is 9.56. The van der Waals surface area contributed by atoms with Gasteiger partial charge in [-0.1, -0.05) is 182 Å². The molecule has 0 amide bonds. The van der Waals surface area contributed by atoms with Gasteiger partial charge >= 0.3 is 0 Å². The van der Waals surface area contributed by atoms with Gasteiger partial charge in [0.05, 0.1) is 66.9 Å². The van der Waals surface area contributed by atoms with Crippen molar-refractivity contribution in [2.75, 3.05) is 0 Å². The third-order valence-corrected chi connectivity index (χ3v) is 15.8. The summed E-state index contributed by atoms with van der Waals surface area (Å²) < 4.78 is 9.45. The topological polar surface area (TPSA) is 69.3 Å². The lowest BCUT2D eigenvalue weighted by Crippen LogP contribution is -2.06. The lowest BCUT2D eigenvalue weighted by molar-refractivity contribution is 1.11. The molecule has 16 rings (SSSR count). The third kappa shape index (κ3) is 6.38. The maximum Gasteiger partial charge on any atom is 0.160 e. The van der Waals surface area contributed by atoms with Crippen molar-refractivity contribution in [2.45, 2.75) is 0 Å². The van der Waals surface area contributed by atoms with Crippen LogP contribution in [0.15, 0.2) is 261 Å². The molecule has 7 heteroatoms. The molecule has 0 saturated carbocycles. The van der Waals surface area contributed by atoms with Gasteiger partial charge in [0.15, 0.2) is 5.82 Å². The van der Waals surface area contributed by atoms with E-state index in [4.69, 9.17) is 9.97 Å². The number of para-hydroxylation sites is 6. The van der Waals surface area contributed by atoms with Crippen molar-refractivity contribution in [2.24, 2.45) is 0 Å². The van der Waals surface area contributed by atoms with E-state index in [2.05, 4.69) is 249 Å². The largest absolute Gasteiger partial charge is 0.309 e. The van der Waals surface area contributed by atoms with Crippen LogP contribution in [0.1, 0.15) is 5.56 Å². The Hall–Kier alpha value is -10.8. The molecule has 0 spiro atoms. The van der Waals surface area contributed by atoms with Crippen molar-refractivity contribution in [3.05, 3.63) is 266 Å². The molecule has 0 radical (unpaired) electrons. The van der Waals surface area contributed by atoms with E-state index in [1.165, 1.54) is 10.8 Å². The van der Waals surface area contributed by atoms with Gasteiger partial charge in [0, 0.05) is 71.2 Å². The van der Waals surface area contributed by atoms with Crippen LogP contribution < -0.4 is 0 Å². The summed E-state index contributed by atoms with van der Waals surface area (Å²) in [6.45, 7) is 0. The van der Waals surface area contributed by atoms with Gasteiger partial charge < -0.3 is 18.3 Å². The van der Waals surface area contributed by atoms with Gasteiger partial charge in [-0.15, -0.1) is 0 Å². The van der Waals surface area contributed by atoms with E-state index in [1.807, 2.05) is 36.4 Å². The average molecular weight is 994 g/mol. The molecule has 11 aromatic carbocycles. The molecule has 0 aliphatic carbocycles. The zero-order chi connectivity index (χ0) is 51.4. The minimum atomic E-state index is 0.525. The highest BCUT2D eigenvalue weighted by Crippen LogP contribution is 2.47. The first-order chi connectivity index (χ1) is 38.7. The van der Waals surface area contributed by atoms with Gasteiger partial charge in [-0.3, -0.25) is 0 Å². The first kappa shape index (κ1) is 43.6. The summed E-state index contributed by atoms with van der Waals surface area (Å²) in [4.78, 5) is 10.7. The summed E-state index contributed by atoms with van der Waals surface area (Å²) in [5.74, 6) is 0.611. The molecular weight excluding hydrogens is 951 g/mol. The Morgan fingerprint density at radius 1 is 0.295 bits per heavy atom. The number of benzene rings is 11. The molecule has 0 atom stereocenters. The SMILES string of the molecule is N#Cc1c(-n2c3ccccc3c3c2ccc2c4ccccc4n(-c4ccccc4)c23)cc(-c2cc(-c3ccccc3)nc(-c3ccccc3)n2)cc1-n1c2ccccc2c2c1ccc1c3ccccc3n(-c3ccccc3)c12. The Balaban J connectivity index is 1.07. The summed E-state index contributed by atoms with van der Waals surface area (Å²) >= 11 is 0. The first-order valence-corrected chi connectivity index (χ1v) is 26.3. The molecule has 0 aliphatic heterocycles. The Bertz CT molecular complexity index is 4820. The summed E-state index contributed by atoms with van der Waals surface area (Å²) in [6, 6.07) is 94.7. The maximum atomic E-state index is 12.1. The van der Waals surface area contributed by atoms with Gasteiger partial charge in [-0.2, -0.15) is 5.26 Å². The van der Waals surface area contributed by atoms with Crippen molar-refractivity contribution >= 4 is 87.2 Å². The number of nitrogens with zero attached hydrogens (tertiary/aromatic N) is 7. The smallest absolute Gasteiger partial charge is 0.160 e. The average Bonchev–Trinajstić information content (AvgIpc) is 4.40. The second kappa shape index (κ2) is 17.1. The molecule has 5 heterocycles. The van der Waals surface area contributed by atoms with Gasteiger partial charge in [0.25, 0.3) is 0 Å². The van der Waals surface area contributed by atoms with Crippen molar-refractivity contribution in [3.63, 3.8) is 0 Å². The molecule has 0 N–H and O–H groups in total. The zero-order valence-electron chi connectivity index (χ0n) is 42.0. The van der Waals surface area contributed by atoms with Crippen LogP contribution in [0.25, 0.3) is 144 Å². The highest BCUT2D eigenvalue weighted by molar-refractivity contribution is 6.28. The van der Waals surface area contributed by atoms with Gasteiger partial charge in [0.1, 0.15) is 11.6 Å². The number of hydrogen-bond donors (Lipinski definition) is 0. The molecule has 5 aromatic heterocycles. The molecule has 362 valence electrons. The number of rotatable bonds is 7. The summed E-state index contributed by atoms with van der Waals surface area (Å²) in [5.41, 5.74) is 16.8. The van der Waals surface area contributed by atoms with Crippen LogP contribution in [0.2, 0.25) is 0 Å². The third-order valence-electron chi connectivity index (χ3n) is 15.8. The maximum absolute atomic E-state index is 12.1. The summed E-state index contributed by atoms with van der Waals surface area (Å²) in [5, 5.41) is 21.2. The molecule has 0 bridgehead atoms. The van der Waals surface area contributed by atoms with Crippen LogP contribution >= 0.6 is 0 Å². The van der Waals surface area contributed by atoms with E-state index in [0.717, 1.165) is 127 Å². The quantitative estimate of drug-likeness (QED) is 0.160. The fourth-order valence-electron chi connectivity index (χ4n) is 12.5.